The van der Waals surface area contributed by atoms with Crippen LogP contribution in [-0.4, -0.2) is 105 Å². The first-order chi connectivity index (χ1) is 34.1. The number of nitrogens with two attached hydrogens (primary N) is 1. The Balaban J connectivity index is 1.05. The highest BCUT2D eigenvalue weighted by molar-refractivity contribution is 5.95. The Morgan fingerprint density at radius 3 is 1.97 bits per heavy atom. The van der Waals surface area contributed by atoms with Crippen molar-refractivity contribution in [2.45, 2.75) is 71.1 Å². The monoisotopic (exact) mass is 980 g/mol. The van der Waals surface area contributed by atoms with E-state index in [-0.39, 0.29) is 107 Å². The Bertz CT molecular complexity index is 2440. The lowest BCUT2D eigenvalue weighted by atomic mass is 9.87. The summed E-state index contributed by atoms with van der Waals surface area (Å²) >= 11 is 0. The molecule has 0 unspecified atom stereocenters. The van der Waals surface area contributed by atoms with E-state index in [2.05, 4.69) is 33.4 Å². The van der Waals surface area contributed by atoms with Crippen LogP contribution in [0.4, 0.5) is 20.1 Å². The van der Waals surface area contributed by atoms with Gasteiger partial charge in [-0.05, 0) is 64.3 Å². The third-order valence-electron chi connectivity index (χ3n) is 11.5. The van der Waals surface area contributed by atoms with Gasteiger partial charge in [-0.25, -0.2) is 14.4 Å². The minimum absolute atomic E-state index is 0.0586. The molecule has 0 bridgehead atoms. The van der Waals surface area contributed by atoms with Crippen molar-refractivity contribution < 1.29 is 62.2 Å². The van der Waals surface area contributed by atoms with Gasteiger partial charge in [0.25, 0.3) is 5.69 Å². The van der Waals surface area contributed by atoms with Gasteiger partial charge < -0.3 is 50.7 Å². The molecule has 0 heterocycles. The molecule has 4 aromatic rings. The SMILES string of the molecule is CC(=O)N[C@@H](COCCOCCNC(=O)OCC1c2ccccc2-c2ccccc21)C(=O)C[C@H](C(=O)N[C@@H](CCCNC(N)=O)C(=O)Cc1ccc(COC(=O)Oc2ccc([N+](=O)[O-])cc2)cc1)C(C)C. The van der Waals surface area contributed by atoms with Crippen molar-refractivity contribution in [3.8, 4) is 16.9 Å². The summed E-state index contributed by atoms with van der Waals surface area (Å²) in [5.41, 5.74) is 10.7. The molecule has 5 amide bonds. The number of hydrogen-bond acceptors (Lipinski definition) is 14. The lowest BCUT2D eigenvalue weighted by Gasteiger charge is -2.26. The van der Waals surface area contributed by atoms with Crippen molar-refractivity contribution in [3.05, 3.63) is 129 Å². The van der Waals surface area contributed by atoms with Gasteiger partial charge in [-0.15, -0.1) is 0 Å². The van der Waals surface area contributed by atoms with E-state index in [9.17, 15) is 43.7 Å². The van der Waals surface area contributed by atoms with E-state index in [1.54, 1.807) is 38.1 Å². The zero-order valence-electron chi connectivity index (χ0n) is 39.8. The van der Waals surface area contributed by atoms with Crippen LogP contribution in [0, 0.1) is 22.0 Å². The first kappa shape index (κ1) is 54.2. The summed E-state index contributed by atoms with van der Waals surface area (Å²) in [5, 5.41) is 21.4. The maximum Gasteiger partial charge on any atom is 0.514 e. The molecule has 378 valence electrons. The summed E-state index contributed by atoms with van der Waals surface area (Å²) in [6.45, 7) is 5.26. The Morgan fingerprint density at radius 1 is 0.718 bits per heavy atom. The molecule has 3 atom stereocenters. The number of fused-ring (bicyclic) bond motifs is 3. The van der Waals surface area contributed by atoms with E-state index >= 15 is 0 Å². The molecule has 20 heteroatoms. The molecule has 0 radical (unpaired) electrons. The topological polar surface area (TPSA) is 283 Å². The highest BCUT2D eigenvalue weighted by Crippen LogP contribution is 2.44. The number of nitro groups is 1. The fraction of sp³-hybridized carbons (Fsp3) is 0.392. The fourth-order valence-corrected chi connectivity index (χ4v) is 7.84. The molecule has 0 saturated carbocycles. The van der Waals surface area contributed by atoms with Crippen LogP contribution in [-0.2, 0) is 51.2 Å². The number of ketones is 2. The number of nitrogens with zero attached hydrogens (tertiary/aromatic N) is 1. The predicted molar refractivity (Wildman–Crippen MR) is 258 cm³/mol. The molecular weight excluding hydrogens is 921 g/mol. The van der Waals surface area contributed by atoms with Gasteiger partial charge in [-0.1, -0.05) is 86.6 Å². The Labute approximate surface area is 410 Å². The van der Waals surface area contributed by atoms with Crippen molar-refractivity contribution >= 4 is 47.3 Å². The summed E-state index contributed by atoms with van der Waals surface area (Å²) in [6, 6.07) is 24.8. The number of Topliss-reactive ketones (excluding diaryl/α,β-unsaturated/α-hetero) is 2. The Kier molecular flexibility index (Phi) is 21.0. The molecule has 71 heavy (non-hydrogen) atoms. The number of primary amides is 1. The first-order valence-corrected chi connectivity index (χ1v) is 23.2. The zero-order valence-corrected chi connectivity index (χ0v) is 39.8. The summed E-state index contributed by atoms with van der Waals surface area (Å²) in [6.07, 6.45) is -1.54. The number of carbonyl (C=O) groups excluding carboxylic acids is 7. The van der Waals surface area contributed by atoms with Crippen LogP contribution in [0.1, 0.15) is 68.2 Å². The van der Waals surface area contributed by atoms with E-state index < -0.39 is 58.8 Å². The number of nitrogens with one attached hydrogen (secondary N) is 4. The van der Waals surface area contributed by atoms with Crippen molar-refractivity contribution in [2.24, 2.45) is 17.6 Å². The van der Waals surface area contributed by atoms with Gasteiger partial charge in [0.15, 0.2) is 11.6 Å². The Hall–Kier alpha value is -7.71. The van der Waals surface area contributed by atoms with E-state index in [4.69, 9.17) is 29.4 Å². The van der Waals surface area contributed by atoms with Crippen LogP contribution in [0.25, 0.3) is 11.1 Å². The van der Waals surface area contributed by atoms with Crippen molar-refractivity contribution in [1.29, 1.82) is 0 Å². The number of benzene rings is 4. The minimum Gasteiger partial charge on any atom is -0.449 e. The third kappa shape index (κ3) is 17.3. The predicted octanol–water partition coefficient (Wildman–Crippen LogP) is 5.66. The number of carbonyl (C=O) groups is 7. The molecule has 1 aliphatic carbocycles. The molecule has 6 N–H and O–H groups in total. The second-order valence-corrected chi connectivity index (χ2v) is 17.1. The molecule has 5 rings (SSSR count). The number of hydrogen-bond donors (Lipinski definition) is 5. The van der Waals surface area contributed by atoms with Crippen molar-refractivity contribution in [1.82, 2.24) is 21.3 Å². The molecule has 0 saturated heterocycles. The number of nitro benzene ring substituents is 1. The molecule has 1 aliphatic rings. The number of urea groups is 1. The number of amides is 5. The van der Waals surface area contributed by atoms with Crippen LogP contribution in [0.2, 0.25) is 0 Å². The molecular formula is C51H60N6O14. The van der Waals surface area contributed by atoms with Crippen LogP contribution < -0.4 is 31.7 Å². The second-order valence-electron chi connectivity index (χ2n) is 17.1. The van der Waals surface area contributed by atoms with Crippen LogP contribution in [0.15, 0.2) is 97.1 Å². The summed E-state index contributed by atoms with van der Waals surface area (Å²) in [7, 11) is 0. The minimum atomic E-state index is -1.08. The molecule has 20 nitrogen and oxygen atoms in total. The van der Waals surface area contributed by atoms with Crippen LogP contribution in [0.5, 0.6) is 5.75 Å². The highest BCUT2D eigenvalue weighted by Gasteiger charge is 2.32. The van der Waals surface area contributed by atoms with Gasteiger partial charge in [-0.3, -0.25) is 29.3 Å². The molecule has 0 aromatic heterocycles. The second kappa shape index (κ2) is 27.5. The normalized spacial score (nSPS) is 12.8. The number of rotatable bonds is 28. The van der Waals surface area contributed by atoms with Crippen LogP contribution >= 0.6 is 0 Å². The highest BCUT2D eigenvalue weighted by atomic mass is 16.7. The van der Waals surface area contributed by atoms with Crippen molar-refractivity contribution in [2.75, 3.05) is 46.1 Å². The van der Waals surface area contributed by atoms with E-state index in [1.165, 1.54) is 31.2 Å². The smallest absolute Gasteiger partial charge is 0.449 e. The molecule has 4 aromatic carbocycles. The largest absolute Gasteiger partial charge is 0.514 e. The van der Waals surface area contributed by atoms with Gasteiger partial charge in [0.1, 0.15) is 25.0 Å². The standard InChI is InChI=1S/C51H60N6O14/c1-32(2)42(28-47(60)45(55-33(3)58)31-68-26-25-67-24-23-54-50(63)69-30-43-40-11-6-4-9-38(40)39-10-5-7-12-41(39)43)48(61)56-44(13-8-22-53-49(52)62)46(59)27-34-14-16-35(17-15-34)29-70-51(64)71-37-20-18-36(19-21-37)57(65)66/h4-7,9-12,14-21,32,42-45H,8,13,22-31H2,1-3H3,(H,54,63)(H,55,58)(H,56,61)(H3,52,53,62)/t42-,44-,45-/m0/s1. The maximum absolute atomic E-state index is 13.9. The van der Waals surface area contributed by atoms with E-state index in [1.807, 2.05) is 36.4 Å². The van der Waals surface area contributed by atoms with E-state index in [0.29, 0.717) is 11.1 Å². The van der Waals surface area contributed by atoms with Crippen LogP contribution in [0.3, 0.4) is 0 Å². The lowest BCUT2D eigenvalue weighted by molar-refractivity contribution is -0.384. The average molecular weight is 981 g/mol. The molecule has 0 spiro atoms. The average Bonchev–Trinajstić information content (AvgIpc) is 3.66. The summed E-state index contributed by atoms with van der Waals surface area (Å²) < 4.78 is 27.0. The Morgan fingerprint density at radius 2 is 1.35 bits per heavy atom. The number of ether oxygens (including phenoxy) is 5. The third-order valence-corrected chi connectivity index (χ3v) is 11.5. The quantitative estimate of drug-likeness (QED) is 0.0151. The van der Waals surface area contributed by atoms with Gasteiger partial charge in [0.05, 0.1) is 37.4 Å². The zero-order chi connectivity index (χ0) is 51.3. The molecule has 0 aliphatic heterocycles. The first-order valence-electron chi connectivity index (χ1n) is 23.2. The lowest BCUT2D eigenvalue weighted by Crippen LogP contribution is -2.48. The molecule has 0 fully saturated rings. The number of alkyl carbamates (subject to hydrolysis) is 1. The van der Waals surface area contributed by atoms with Gasteiger partial charge in [-0.2, -0.15) is 0 Å². The van der Waals surface area contributed by atoms with Gasteiger partial charge in [0.2, 0.25) is 11.8 Å². The maximum atomic E-state index is 13.9. The van der Waals surface area contributed by atoms with E-state index in [0.717, 1.165) is 22.3 Å². The number of non-ortho nitro benzene ring substituents is 1. The van der Waals surface area contributed by atoms with Crippen molar-refractivity contribution in [3.63, 3.8) is 0 Å². The summed E-state index contributed by atoms with van der Waals surface area (Å²) in [5.74, 6) is -3.10. The van der Waals surface area contributed by atoms with Gasteiger partial charge >= 0.3 is 18.3 Å². The fourth-order valence-electron chi connectivity index (χ4n) is 7.84. The summed E-state index contributed by atoms with van der Waals surface area (Å²) in [4.78, 5) is 99.6. The van der Waals surface area contributed by atoms with Gasteiger partial charge in [0, 0.05) is 56.8 Å².